The highest BCUT2D eigenvalue weighted by molar-refractivity contribution is 5.98. The van der Waals surface area contributed by atoms with Crippen molar-refractivity contribution in [3.63, 3.8) is 0 Å². The number of nitrogens with one attached hydrogen (secondary N) is 1. The van der Waals surface area contributed by atoms with Crippen LogP contribution >= 0.6 is 0 Å². The van der Waals surface area contributed by atoms with Crippen molar-refractivity contribution in [3.05, 3.63) is 77.6 Å². The quantitative estimate of drug-likeness (QED) is 0.198. The molecule has 0 amide bonds. The van der Waals surface area contributed by atoms with E-state index in [1.54, 1.807) is 6.92 Å². The fourth-order valence-electron chi connectivity index (χ4n) is 2.92. The second-order valence-electron chi connectivity index (χ2n) is 6.23. The molecule has 7 nitrogen and oxygen atoms in total. The number of esters is 1. The summed E-state index contributed by atoms with van der Waals surface area (Å²) in [7, 11) is 0. The second kappa shape index (κ2) is 10.2. The molecular weight excluding hydrogens is 370 g/mol. The van der Waals surface area contributed by atoms with Crippen LogP contribution in [0.4, 0.5) is 0 Å². The maximum Gasteiger partial charge on any atom is 0.344 e. The van der Waals surface area contributed by atoms with Crippen molar-refractivity contribution in [2.75, 3.05) is 13.2 Å². The number of carbonyl (C=O) groups excluding carboxylic acids is 1. The third-order valence-corrected chi connectivity index (χ3v) is 4.27. The number of hydroxylamine groups is 1. The number of carbonyl (C=O) groups is 1. The number of ether oxygens (including phenoxy) is 1. The Balaban J connectivity index is 1.74. The van der Waals surface area contributed by atoms with Crippen molar-refractivity contribution in [2.45, 2.75) is 19.8 Å². The van der Waals surface area contributed by atoms with Gasteiger partial charge < -0.3 is 9.26 Å². The van der Waals surface area contributed by atoms with E-state index in [1.165, 1.54) is 0 Å². The van der Waals surface area contributed by atoms with Crippen LogP contribution in [0.3, 0.4) is 0 Å². The van der Waals surface area contributed by atoms with E-state index in [4.69, 9.17) is 9.26 Å². The van der Waals surface area contributed by atoms with E-state index in [0.717, 1.165) is 11.1 Å². The first-order chi connectivity index (χ1) is 14.2. The van der Waals surface area contributed by atoms with Crippen LogP contribution in [0.5, 0.6) is 0 Å². The minimum atomic E-state index is -0.451. The molecule has 1 aromatic heterocycles. The summed E-state index contributed by atoms with van der Waals surface area (Å²) < 4.78 is 10.7. The monoisotopic (exact) mass is 393 g/mol. The maximum absolute atomic E-state index is 12.5. The average Bonchev–Trinajstić information content (AvgIpc) is 3.19. The molecule has 0 saturated carbocycles. The van der Waals surface area contributed by atoms with Crippen molar-refractivity contribution < 1.29 is 19.3 Å². The molecule has 0 aliphatic heterocycles. The van der Waals surface area contributed by atoms with Gasteiger partial charge in [0.15, 0.2) is 11.6 Å². The second-order valence-corrected chi connectivity index (χ2v) is 6.23. The van der Waals surface area contributed by atoms with Crippen molar-refractivity contribution in [1.29, 1.82) is 0 Å². The lowest BCUT2D eigenvalue weighted by Gasteiger charge is -2.05. The van der Waals surface area contributed by atoms with E-state index in [0.29, 0.717) is 42.2 Å². The zero-order chi connectivity index (χ0) is 20.5. The topological polar surface area (TPSA) is 97.0 Å². The number of hydrogen-bond acceptors (Lipinski definition) is 6. The zero-order valence-electron chi connectivity index (χ0n) is 16.2. The number of aromatic nitrogens is 1. The van der Waals surface area contributed by atoms with E-state index in [2.05, 4.69) is 15.6 Å². The third-order valence-electron chi connectivity index (χ3n) is 4.27. The van der Waals surface area contributed by atoms with Gasteiger partial charge in [0.1, 0.15) is 11.3 Å². The summed E-state index contributed by atoms with van der Waals surface area (Å²) in [6, 6.07) is 18.7. The number of nitrogens with zero attached hydrogens (tertiary/aromatic N) is 2. The predicted molar refractivity (Wildman–Crippen MR) is 109 cm³/mol. The third kappa shape index (κ3) is 5.08. The lowest BCUT2D eigenvalue weighted by Crippen LogP contribution is -2.20. The minimum absolute atomic E-state index is 0.268. The van der Waals surface area contributed by atoms with Crippen LogP contribution in [-0.2, 0) is 11.2 Å². The van der Waals surface area contributed by atoms with Gasteiger partial charge in [-0.1, -0.05) is 65.8 Å². The number of hydrogen-bond donors (Lipinski definition) is 2. The van der Waals surface area contributed by atoms with Gasteiger partial charge in [-0.3, -0.25) is 15.7 Å². The van der Waals surface area contributed by atoms with Crippen LogP contribution < -0.4 is 5.48 Å². The van der Waals surface area contributed by atoms with Gasteiger partial charge in [0.25, 0.3) is 0 Å². The molecule has 0 aliphatic carbocycles. The van der Waals surface area contributed by atoms with Gasteiger partial charge in [0.2, 0.25) is 0 Å². The molecule has 3 rings (SSSR count). The first-order valence-corrected chi connectivity index (χ1v) is 9.45. The standard InChI is InChI=1S/C22H23N3O4/c1-2-28-22(26)19-18(29-25-20(19)16-10-5-3-6-11-16)14-9-15-23-21(24-27)17-12-7-4-8-13-17/h3-8,10-13,27H,2,9,14-15H2,1H3,(H,23,24). The average molecular weight is 393 g/mol. The van der Waals surface area contributed by atoms with Crippen LogP contribution in [0.1, 0.15) is 35.0 Å². The number of rotatable bonds is 8. The summed E-state index contributed by atoms with van der Waals surface area (Å²) >= 11 is 0. The number of amidine groups is 1. The number of aliphatic imine (C=N–C) groups is 1. The van der Waals surface area contributed by atoms with Crippen LogP contribution in [0.2, 0.25) is 0 Å². The molecule has 0 fully saturated rings. The molecule has 0 unspecified atom stereocenters. The van der Waals surface area contributed by atoms with Crippen molar-refractivity contribution in [3.8, 4) is 11.3 Å². The fourth-order valence-corrected chi connectivity index (χ4v) is 2.92. The van der Waals surface area contributed by atoms with Crippen LogP contribution in [-0.4, -0.2) is 35.3 Å². The van der Waals surface area contributed by atoms with Crippen LogP contribution in [0.15, 0.2) is 70.2 Å². The van der Waals surface area contributed by atoms with Gasteiger partial charge in [-0.15, -0.1) is 0 Å². The molecule has 1 heterocycles. The first-order valence-electron chi connectivity index (χ1n) is 9.45. The summed E-state index contributed by atoms with van der Waals surface area (Å²) in [5.41, 5.74) is 4.53. The molecule has 2 N–H and O–H groups in total. The van der Waals surface area contributed by atoms with Crippen LogP contribution in [0.25, 0.3) is 11.3 Å². The van der Waals surface area contributed by atoms with Gasteiger partial charge in [0, 0.05) is 24.1 Å². The Morgan fingerprint density at radius 1 is 1.14 bits per heavy atom. The van der Waals surface area contributed by atoms with Crippen molar-refractivity contribution in [1.82, 2.24) is 10.6 Å². The molecule has 0 radical (unpaired) electrons. The SMILES string of the molecule is CCOC(=O)c1c(-c2ccccc2)noc1CCCN=C(NO)c1ccccc1. The number of aryl methyl sites for hydroxylation is 1. The Kier molecular flexibility index (Phi) is 7.13. The predicted octanol–water partition coefficient (Wildman–Crippen LogP) is 3.88. The summed E-state index contributed by atoms with van der Waals surface area (Å²) in [5.74, 6) is 0.405. The highest BCUT2D eigenvalue weighted by Crippen LogP contribution is 2.27. The lowest BCUT2D eigenvalue weighted by atomic mass is 10.0. The minimum Gasteiger partial charge on any atom is -0.462 e. The van der Waals surface area contributed by atoms with Crippen LogP contribution in [0, 0.1) is 0 Å². The summed E-state index contributed by atoms with van der Waals surface area (Å²) in [6.07, 6.45) is 1.07. The normalized spacial score (nSPS) is 11.3. The highest BCUT2D eigenvalue weighted by Gasteiger charge is 2.24. The number of benzene rings is 2. The molecular formula is C22H23N3O4. The van der Waals surface area contributed by atoms with Gasteiger partial charge in [-0.2, -0.15) is 0 Å². The summed E-state index contributed by atoms with van der Waals surface area (Å²) in [5, 5.41) is 13.4. The lowest BCUT2D eigenvalue weighted by molar-refractivity contribution is 0.0524. The van der Waals surface area contributed by atoms with Gasteiger partial charge >= 0.3 is 5.97 Å². The molecule has 29 heavy (non-hydrogen) atoms. The Hall–Kier alpha value is -3.45. The Morgan fingerprint density at radius 3 is 2.48 bits per heavy atom. The van der Waals surface area contributed by atoms with Crippen molar-refractivity contribution >= 4 is 11.8 Å². The molecule has 7 heteroatoms. The Bertz CT molecular complexity index is 953. The molecule has 0 atom stereocenters. The van der Waals surface area contributed by atoms with E-state index >= 15 is 0 Å². The summed E-state index contributed by atoms with van der Waals surface area (Å²) in [6.45, 7) is 2.46. The molecule has 0 aliphatic rings. The largest absolute Gasteiger partial charge is 0.462 e. The van der Waals surface area contributed by atoms with E-state index in [1.807, 2.05) is 60.7 Å². The van der Waals surface area contributed by atoms with E-state index in [-0.39, 0.29) is 6.61 Å². The highest BCUT2D eigenvalue weighted by atomic mass is 16.5. The van der Waals surface area contributed by atoms with Crippen molar-refractivity contribution in [2.24, 2.45) is 4.99 Å². The zero-order valence-corrected chi connectivity index (χ0v) is 16.2. The molecule has 150 valence electrons. The van der Waals surface area contributed by atoms with E-state index in [9.17, 15) is 10.0 Å². The van der Waals surface area contributed by atoms with E-state index < -0.39 is 5.97 Å². The fraction of sp³-hybridized carbons (Fsp3) is 0.227. The Labute approximate surface area is 169 Å². The molecule has 2 aromatic carbocycles. The molecule has 3 aromatic rings. The first kappa shape index (κ1) is 20.3. The summed E-state index contributed by atoms with van der Waals surface area (Å²) in [4.78, 5) is 16.9. The molecule has 0 saturated heterocycles. The Morgan fingerprint density at radius 2 is 1.83 bits per heavy atom. The smallest absolute Gasteiger partial charge is 0.344 e. The van der Waals surface area contributed by atoms with Gasteiger partial charge in [0.05, 0.1) is 6.61 Å². The molecule has 0 bridgehead atoms. The van der Waals surface area contributed by atoms with Gasteiger partial charge in [-0.05, 0) is 13.3 Å². The van der Waals surface area contributed by atoms with Gasteiger partial charge in [-0.25, -0.2) is 4.79 Å². The molecule has 0 spiro atoms. The maximum atomic E-state index is 12.5.